The quantitative estimate of drug-likeness (QED) is 0.683. The second-order valence-electron chi connectivity index (χ2n) is 5.37. The van der Waals surface area contributed by atoms with Gasteiger partial charge >= 0.3 is 0 Å². The maximum absolute atomic E-state index is 5.77. The van der Waals surface area contributed by atoms with E-state index in [1.54, 1.807) is 29.6 Å². The first-order valence-corrected chi connectivity index (χ1v) is 7.38. The number of nitrogens with zero attached hydrogens (tertiary/aromatic N) is 6. The Balaban J connectivity index is 1.37. The van der Waals surface area contributed by atoms with Crippen molar-refractivity contribution in [1.82, 2.24) is 29.8 Å². The van der Waals surface area contributed by atoms with E-state index in [4.69, 9.17) is 13.7 Å². The third kappa shape index (κ3) is 3.30. The molecule has 9 heteroatoms. The van der Waals surface area contributed by atoms with Gasteiger partial charge in [-0.15, -0.1) is 0 Å². The molecule has 0 unspecified atom stereocenters. The lowest BCUT2D eigenvalue weighted by Crippen LogP contribution is -2.43. The van der Waals surface area contributed by atoms with Crippen molar-refractivity contribution in [2.24, 2.45) is 0 Å². The van der Waals surface area contributed by atoms with Crippen molar-refractivity contribution in [3.63, 3.8) is 0 Å². The lowest BCUT2D eigenvalue weighted by molar-refractivity contribution is -0.0426. The highest BCUT2D eigenvalue weighted by Gasteiger charge is 2.23. The molecule has 3 aromatic heterocycles. The predicted molar refractivity (Wildman–Crippen MR) is 77.0 cm³/mol. The second kappa shape index (κ2) is 6.31. The Morgan fingerprint density at radius 1 is 1.35 bits per heavy atom. The van der Waals surface area contributed by atoms with Crippen molar-refractivity contribution < 1.29 is 13.7 Å². The monoisotopic (exact) mass is 316 g/mol. The molecular weight excluding hydrogens is 300 g/mol. The minimum absolute atomic E-state index is 0.0710. The van der Waals surface area contributed by atoms with E-state index in [1.165, 1.54) is 6.33 Å². The summed E-state index contributed by atoms with van der Waals surface area (Å²) in [5.41, 5.74) is 0.811. The maximum Gasteiger partial charge on any atom is 0.241 e. The van der Waals surface area contributed by atoms with Gasteiger partial charge in [0.15, 0.2) is 0 Å². The minimum Gasteiger partial charge on any atom is -0.472 e. The highest BCUT2D eigenvalue weighted by Crippen LogP contribution is 2.17. The molecule has 1 atom stereocenters. The van der Waals surface area contributed by atoms with Crippen LogP contribution in [0.25, 0.3) is 11.4 Å². The summed E-state index contributed by atoms with van der Waals surface area (Å²) in [6, 6.07) is 1.80. The smallest absolute Gasteiger partial charge is 0.241 e. The highest BCUT2D eigenvalue weighted by atomic mass is 16.5. The number of aromatic nitrogens is 5. The van der Waals surface area contributed by atoms with Crippen LogP contribution in [0.4, 0.5) is 0 Å². The number of hydrogen-bond acceptors (Lipinski definition) is 8. The summed E-state index contributed by atoms with van der Waals surface area (Å²) in [4.78, 5) is 10.6. The fourth-order valence-electron chi connectivity index (χ4n) is 2.59. The van der Waals surface area contributed by atoms with Gasteiger partial charge in [-0.1, -0.05) is 5.16 Å². The first kappa shape index (κ1) is 14.1. The van der Waals surface area contributed by atoms with Gasteiger partial charge in [0.05, 0.1) is 37.6 Å². The van der Waals surface area contributed by atoms with Gasteiger partial charge in [-0.2, -0.15) is 10.1 Å². The average Bonchev–Trinajstić information content (AvgIpc) is 3.30. The zero-order valence-electron chi connectivity index (χ0n) is 12.4. The van der Waals surface area contributed by atoms with Crippen molar-refractivity contribution >= 4 is 0 Å². The van der Waals surface area contributed by atoms with Crippen LogP contribution in [0.3, 0.4) is 0 Å². The molecule has 0 bridgehead atoms. The van der Waals surface area contributed by atoms with E-state index in [0.29, 0.717) is 31.4 Å². The lowest BCUT2D eigenvalue weighted by atomic mass is 10.2. The first-order valence-electron chi connectivity index (χ1n) is 7.38. The van der Waals surface area contributed by atoms with E-state index < -0.39 is 0 Å². The van der Waals surface area contributed by atoms with Gasteiger partial charge < -0.3 is 13.7 Å². The molecule has 4 heterocycles. The van der Waals surface area contributed by atoms with Gasteiger partial charge in [0.2, 0.25) is 11.7 Å². The predicted octanol–water partition coefficient (Wildman–Crippen LogP) is 0.822. The lowest BCUT2D eigenvalue weighted by Gasteiger charge is -2.31. The highest BCUT2D eigenvalue weighted by molar-refractivity contribution is 5.51. The molecule has 0 aromatic carbocycles. The Bertz CT molecular complexity index is 724. The van der Waals surface area contributed by atoms with Crippen molar-refractivity contribution in [1.29, 1.82) is 0 Å². The van der Waals surface area contributed by atoms with Crippen molar-refractivity contribution in [3.05, 3.63) is 37.1 Å². The maximum atomic E-state index is 5.77. The number of ether oxygens (including phenoxy) is 1. The normalized spacial score (nSPS) is 19.2. The molecule has 1 saturated heterocycles. The van der Waals surface area contributed by atoms with Crippen LogP contribution in [-0.4, -0.2) is 55.6 Å². The number of hydrogen-bond donors (Lipinski definition) is 0. The van der Waals surface area contributed by atoms with Crippen LogP contribution in [0.5, 0.6) is 0 Å². The third-order valence-electron chi connectivity index (χ3n) is 3.69. The fourth-order valence-corrected chi connectivity index (χ4v) is 2.59. The van der Waals surface area contributed by atoms with Crippen molar-refractivity contribution in [3.8, 4) is 11.4 Å². The second-order valence-corrected chi connectivity index (χ2v) is 5.37. The molecule has 0 spiro atoms. The molecule has 23 heavy (non-hydrogen) atoms. The summed E-state index contributed by atoms with van der Waals surface area (Å²) in [5, 5.41) is 8.09. The Morgan fingerprint density at radius 2 is 2.35 bits per heavy atom. The number of rotatable bonds is 5. The van der Waals surface area contributed by atoms with Crippen LogP contribution < -0.4 is 0 Å². The van der Waals surface area contributed by atoms with E-state index in [0.717, 1.165) is 18.7 Å². The molecule has 0 aliphatic carbocycles. The molecule has 120 valence electrons. The van der Waals surface area contributed by atoms with Gasteiger partial charge in [-0.3, -0.25) is 9.58 Å². The van der Waals surface area contributed by atoms with E-state index in [2.05, 4.69) is 25.1 Å². The molecule has 0 N–H and O–H groups in total. The summed E-state index contributed by atoms with van der Waals surface area (Å²) in [5.74, 6) is 1.13. The summed E-state index contributed by atoms with van der Waals surface area (Å²) < 4.78 is 17.9. The van der Waals surface area contributed by atoms with E-state index in [1.807, 2.05) is 0 Å². The van der Waals surface area contributed by atoms with Gasteiger partial charge in [0.1, 0.15) is 18.9 Å². The van der Waals surface area contributed by atoms with E-state index >= 15 is 0 Å². The van der Waals surface area contributed by atoms with Crippen molar-refractivity contribution in [2.75, 3.05) is 19.7 Å². The molecular formula is C14H16N6O3. The Labute approximate surface area is 131 Å². The van der Waals surface area contributed by atoms with Crippen LogP contribution in [0.2, 0.25) is 0 Å². The largest absolute Gasteiger partial charge is 0.472 e. The molecule has 1 aliphatic heterocycles. The molecule has 0 radical (unpaired) electrons. The molecule has 1 fully saturated rings. The summed E-state index contributed by atoms with van der Waals surface area (Å²) >= 11 is 0. The SMILES string of the molecule is c1ncn(C[C@H]2CN(Cc3nc(-c4ccoc4)no3)CCO2)n1. The zero-order valence-corrected chi connectivity index (χ0v) is 12.4. The molecule has 9 nitrogen and oxygen atoms in total. The number of furan rings is 1. The topological polar surface area (TPSA) is 95.2 Å². The van der Waals surface area contributed by atoms with E-state index in [-0.39, 0.29) is 6.10 Å². The molecule has 3 aromatic rings. The third-order valence-corrected chi connectivity index (χ3v) is 3.69. The Morgan fingerprint density at radius 3 is 3.17 bits per heavy atom. The van der Waals surface area contributed by atoms with Crippen LogP contribution in [0.1, 0.15) is 5.89 Å². The number of morpholine rings is 1. The summed E-state index contributed by atoms with van der Waals surface area (Å²) in [7, 11) is 0. The Kier molecular flexibility index (Phi) is 3.86. The molecule has 0 saturated carbocycles. The van der Waals surface area contributed by atoms with Gasteiger partial charge in [0.25, 0.3) is 0 Å². The minimum atomic E-state index is 0.0710. The fraction of sp³-hybridized carbons (Fsp3) is 0.429. The van der Waals surface area contributed by atoms with Crippen LogP contribution in [0.15, 0.2) is 40.2 Å². The standard InChI is InChI=1S/C14H16N6O3/c1-3-21-8-11(1)14-17-13(23-18-14)7-19-2-4-22-12(5-19)6-20-10-15-9-16-20/h1,3,8-10,12H,2,4-7H2/t12-/m1/s1. The van der Waals surface area contributed by atoms with Crippen LogP contribution >= 0.6 is 0 Å². The van der Waals surface area contributed by atoms with Crippen molar-refractivity contribution in [2.45, 2.75) is 19.2 Å². The van der Waals surface area contributed by atoms with Gasteiger partial charge in [-0.25, -0.2) is 4.98 Å². The van der Waals surface area contributed by atoms with E-state index in [9.17, 15) is 0 Å². The van der Waals surface area contributed by atoms with Crippen LogP contribution in [0, 0.1) is 0 Å². The average molecular weight is 316 g/mol. The summed E-state index contributed by atoms with van der Waals surface area (Å²) in [6.07, 6.45) is 6.47. The molecule has 0 amide bonds. The first-order chi connectivity index (χ1) is 11.4. The molecule has 1 aliphatic rings. The zero-order chi connectivity index (χ0) is 15.5. The summed E-state index contributed by atoms with van der Waals surface area (Å²) in [6.45, 7) is 3.56. The Hall–Kier alpha value is -2.52. The van der Waals surface area contributed by atoms with Gasteiger partial charge in [0, 0.05) is 13.1 Å². The van der Waals surface area contributed by atoms with Crippen LogP contribution in [-0.2, 0) is 17.8 Å². The van der Waals surface area contributed by atoms with Gasteiger partial charge in [-0.05, 0) is 6.07 Å². The molecule has 4 rings (SSSR count).